The number of hydrogen-bond donors (Lipinski definition) is 0. The SMILES string of the molecule is O=NC1(N=O)CSCS1. The molecule has 0 aromatic carbocycles. The van der Waals surface area contributed by atoms with Gasteiger partial charge in [-0.25, -0.2) is 0 Å². The Labute approximate surface area is 60.1 Å². The maximum atomic E-state index is 9.98. The summed E-state index contributed by atoms with van der Waals surface area (Å²) in [4.78, 5) is 18.8. The minimum atomic E-state index is -1.20. The summed E-state index contributed by atoms with van der Waals surface area (Å²) in [5, 5.41) is 6.03. The molecule has 1 aliphatic heterocycles. The summed E-state index contributed by atoms with van der Waals surface area (Å²) in [7, 11) is 0. The molecule has 6 heteroatoms. The van der Waals surface area contributed by atoms with Crippen molar-refractivity contribution in [2.75, 3.05) is 10.8 Å². The Balaban J connectivity index is 2.66. The first-order chi connectivity index (χ1) is 4.33. The predicted molar refractivity (Wildman–Crippen MR) is 39.2 cm³/mol. The van der Waals surface area contributed by atoms with Gasteiger partial charge in [0.05, 0.1) is 5.75 Å². The van der Waals surface area contributed by atoms with Gasteiger partial charge >= 0.3 is 0 Å². The zero-order valence-corrected chi connectivity index (χ0v) is 6.07. The number of nitroso groups, excluding NO2 is 2. The van der Waals surface area contributed by atoms with E-state index in [1.165, 1.54) is 23.5 Å². The van der Waals surface area contributed by atoms with Crippen LogP contribution < -0.4 is 0 Å². The third kappa shape index (κ3) is 1.24. The molecule has 1 heterocycles. The van der Waals surface area contributed by atoms with Gasteiger partial charge in [-0.15, -0.1) is 21.6 Å². The van der Waals surface area contributed by atoms with Crippen LogP contribution in [0.1, 0.15) is 0 Å². The van der Waals surface area contributed by atoms with Gasteiger partial charge < -0.3 is 0 Å². The van der Waals surface area contributed by atoms with Gasteiger partial charge in [0.25, 0.3) is 4.99 Å². The Morgan fingerprint density at radius 1 is 1.33 bits per heavy atom. The first-order valence-corrected chi connectivity index (χ1v) is 4.38. The number of rotatable bonds is 2. The van der Waals surface area contributed by atoms with Crippen molar-refractivity contribution in [2.45, 2.75) is 4.99 Å². The van der Waals surface area contributed by atoms with Gasteiger partial charge in [0, 0.05) is 5.08 Å². The standard InChI is InChI=1S/C3H4N2O2S2/c6-4-3(5-7)1-8-2-9-3/h1-2H2. The first-order valence-electron chi connectivity index (χ1n) is 2.24. The van der Waals surface area contributed by atoms with Gasteiger partial charge in [-0.05, 0) is 10.4 Å². The molecule has 0 spiro atoms. The number of hydrogen-bond acceptors (Lipinski definition) is 6. The molecule has 0 unspecified atom stereocenters. The summed E-state index contributed by atoms with van der Waals surface area (Å²) in [6.45, 7) is 0. The van der Waals surface area contributed by atoms with Gasteiger partial charge in [-0.1, -0.05) is 11.8 Å². The van der Waals surface area contributed by atoms with Crippen molar-refractivity contribution in [2.24, 2.45) is 10.4 Å². The molecule has 1 rings (SSSR count). The maximum absolute atomic E-state index is 9.98. The van der Waals surface area contributed by atoms with E-state index in [0.29, 0.717) is 5.75 Å². The number of nitrogens with zero attached hydrogens (tertiary/aromatic N) is 2. The molecule has 0 aromatic rings. The van der Waals surface area contributed by atoms with Crippen molar-refractivity contribution in [1.82, 2.24) is 0 Å². The second-order valence-electron chi connectivity index (χ2n) is 1.54. The minimum Gasteiger partial charge on any atom is -0.147 e. The largest absolute Gasteiger partial charge is 0.287 e. The fourth-order valence-electron chi connectivity index (χ4n) is 0.474. The molecule has 0 aliphatic carbocycles. The third-order valence-electron chi connectivity index (χ3n) is 0.949. The van der Waals surface area contributed by atoms with E-state index >= 15 is 0 Å². The van der Waals surface area contributed by atoms with Crippen LogP contribution in [0, 0.1) is 9.81 Å². The molecule has 0 amide bonds. The monoisotopic (exact) mass is 164 g/mol. The van der Waals surface area contributed by atoms with E-state index in [-0.39, 0.29) is 0 Å². The molecule has 0 aromatic heterocycles. The average Bonchev–Trinajstić information content (AvgIpc) is 2.36. The van der Waals surface area contributed by atoms with E-state index in [0.717, 1.165) is 5.08 Å². The van der Waals surface area contributed by atoms with Crippen molar-refractivity contribution in [3.8, 4) is 0 Å². The molecule has 4 nitrogen and oxygen atoms in total. The highest BCUT2D eigenvalue weighted by Gasteiger charge is 2.38. The average molecular weight is 164 g/mol. The van der Waals surface area contributed by atoms with E-state index in [1.54, 1.807) is 0 Å². The normalized spacial score (nSPS) is 23.6. The van der Waals surface area contributed by atoms with Gasteiger partial charge in [0.15, 0.2) is 0 Å². The molecule has 50 valence electrons. The van der Waals surface area contributed by atoms with Crippen molar-refractivity contribution in [3.05, 3.63) is 9.81 Å². The molecular weight excluding hydrogens is 160 g/mol. The smallest absolute Gasteiger partial charge is 0.147 e. The summed E-state index contributed by atoms with van der Waals surface area (Å²) in [5.74, 6) is 0.421. The Morgan fingerprint density at radius 2 is 2.00 bits per heavy atom. The van der Waals surface area contributed by atoms with Crippen LogP contribution in [0.3, 0.4) is 0 Å². The second-order valence-corrected chi connectivity index (χ2v) is 4.12. The fraction of sp³-hybridized carbons (Fsp3) is 1.00. The summed E-state index contributed by atoms with van der Waals surface area (Å²) in [5.41, 5.74) is 0. The number of thioether (sulfide) groups is 2. The molecule has 0 atom stereocenters. The molecule has 1 aliphatic rings. The highest BCUT2D eigenvalue weighted by Crippen LogP contribution is 2.41. The minimum absolute atomic E-state index is 0.421. The van der Waals surface area contributed by atoms with E-state index in [2.05, 4.69) is 10.4 Å². The summed E-state index contributed by atoms with van der Waals surface area (Å²) in [6, 6.07) is 0. The van der Waals surface area contributed by atoms with E-state index < -0.39 is 4.99 Å². The fourth-order valence-corrected chi connectivity index (χ4v) is 2.96. The predicted octanol–water partition coefficient (Wildman–Crippen LogP) is 1.61. The first kappa shape index (κ1) is 7.01. The lowest BCUT2D eigenvalue weighted by Gasteiger charge is -2.04. The second kappa shape index (κ2) is 2.66. The van der Waals surface area contributed by atoms with Crippen molar-refractivity contribution < 1.29 is 0 Å². The zero-order valence-electron chi connectivity index (χ0n) is 4.44. The molecule has 0 radical (unpaired) electrons. The maximum Gasteiger partial charge on any atom is 0.287 e. The highest BCUT2D eigenvalue weighted by molar-refractivity contribution is 8.19. The van der Waals surface area contributed by atoms with Gasteiger partial charge in [0.1, 0.15) is 0 Å². The lowest BCUT2D eigenvalue weighted by molar-refractivity contribution is 0.728. The Kier molecular flexibility index (Phi) is 2.07. The zero-order chi connectivity index (χ0) is 6.74. The van der Waals surface area contributed by atoms with Crippen LogP contribution in [0.4, 0.5) is 0 Å². The van der Waals surface area contributed by atoms with Gasteiger partial charge in [-0.2, -0.15) is 0 Å². The lowest BCUT2D eigenvalue weighted by Crippen LogP contribution is -2.15. The quantitative estimate of drug-likeness (QED) is 0.582. The van der Waals surface area contributed by atoms with Crippen LogP contribution >= 0.6 is 23.5 Å². The van der Waals surface area contributed by atoms with Gasteiger partial charge in [-0.3, -0.25) is 0 Å². The molecule has 0 saturated carbocycles. The molecule has 1 fully saturated rings. The Morgan fingerprint density at radius 3 is 2.22 bits per heavy atom. The highest BCUT2D eigenvalue weighted by atomic mass is 32.2. The van der Waals surface area contributed by atoms with Crippen LogP contribution in [-0.2, 0) is 0 Å². The van der Waals surface area contributed by atoms with Crippen LogP contribution in [-0.4, -0.2) is 15.8 Å². The Hall–Kier alpha value is -0.100. The van der Waals surface area contributed by atoms with E-state index in [4.69, 9.17) is 0 Å². The molecule has 0 bridgehead atoms. The summed E-state index contributed by atoms with van der Waals surface area (Å²) < 4.78 is 0. The molecule has 0 N–H and O–H groups in total. The summed E-state index contributed by atoms with van der Waals surface area (Å²) >= 11 is 2.70. The Bertz CT molecular complexity index is 124. The van der Waals surface area contributed by atoms with Crippen LogP contribution in [0.25, 0.3) is 0 Å². The topological polar surface area (TPSA) is 58.9 Å². The summed E-state index contributed by atoms with van der Waals surface area (Å²) in [6.07, 6.45) is 0. The lowest BCUT2D eigenvalue weighted by atomic mass is 10.6. The van der Waals surface area contributed by atoms with E-state index in [1.807, 2.05) is 0 Å². The van der Waals surface area contributed by atoms with Crippen molar-refractivity contribution >= 4 is 23.5 Å². The van der Waals surface area contributed by atoms with E-state index in [9.17, 15) is 9.81 Å². The molecule has 9 heavy (non-hydrogen) atoms. The molecule has 1 saturated heterocycles. The molecular formula is C3H4N2O2S2. The van der Waals surface area contributed by atoms with Crippen molar-refractivity contribution in [1.29, 1.82) is 0 Å². The van der Waals surface area contributed by atoms with Gasteiger partial charge in [0.2, 0.25) is 0 Å². The van der Waals surface area contributed by atoms with Crippen LogP contribution in [0.5, 0.6) is 0 Å². The van der Waals surface area contributed by atoms with Crippen LogP contribution in [0.2, 0.25) is 0 Å². The van der Waals surface area contributed by atoms with Crippen LogP contribution in [0.15, 0.2) is 10.4 Å². The van der Waals surface area contributed by atoms with Crippen molar-refractivity contribution in [3.63, 3.8) is 0 Å². The third-order valence-corrected chi connectivity index (χ3v) is 3.63.